The van der Waals surface area contributed by atoms with E-state index in [-0.39, 0.29) is 42.0 Å². The van der Waals surface area contributed by atoms with Gasteiger partial charge in [0, 0.05) is 39.3 Å². The Morgan fingerprint density at radius 1 is 1.13 bits per heavy atom. The highest BCUT2D eigenvalue weighted by Crippen LogP contribution is 2.31. The van der Waals surface area contributed by atoms with E-state index < -0.39 is 15.9 Å². The third-order valence-electron chi connectivity index (χ3n) is 6.42. The molecule has 0 bridgehead atoms. The molecule has 0 N–H and O–H groups in total. The van der Waals surface area contributed by atoms with Gasteiger partial charge in [0.25, 0.3) is 5.91 Å². The summed E-state index contributed by atoms with van der Waals surface area (Å²) in [6, 6.07) is 6.66. The van der Waals surface area contributed by atoms with Crippen LogP contribution in [0.25, 0.3) is 0 Å². The molecular formula is C21H29N3O6S. The summed E-state index contributed by atoms with van der Waals surface area (Å²) in [5.41, 5.74) is 0. The number of ether oxygens (including phenoxy) is 2. The Bertz CT molecular complexity index is 944. The second-order valence-corrected chi connectivity index (χ2v) is 10.6. The van der Waals surface area contributed by atoms with Crippen LogP contribution in [0.15, 0.2) is 24.3 Å². The maximum absolute atomic E-state index is 12.9. The third-order valence-corrected chi connectivity index (χ3v) is 8.17. The van der Waals surface area contributed by atoms with E-state index in [0.717, 1.165) is 0 Å². The summed E-state index contributed by atoms with van der Waals surface area (Å²) in [7, 11) is -1.36. The average Bonchev–Trinajstić information content (AvgIpc) is 3.16. The van der Waals surface area contributed by atoms with Crippen LogP contribution >= 0.6 is 0 Å². The molecule has 10 heteroatoms. The van der Waals surface area contributed by atoms with Crippen molar-refractivity contribution in [1.82, 2.24) is 14.7 Å². The molecule has 4 rings (SSSR count). The molecule has 1 aromatic rings. The maximum Gasteiger partial charge on any atom is 0.267 e. The number of amides is 2. The number of carbonyl (C=O) groups excluding carboxylic acids is 2. The summed E-state index contributed by atoms with van der Waals surface area (Å²) in [5.74, 6) is 1.20. The molecule has 31 heavy (non-hydrogen) atoms. The fourth-order valence-electron chi connectivity index (χ4n) is 4.39. The molecule has 0 aromatic heterocycles. The highest BCUT2D eigenvalue weighted by atomic mass is 32.2. The fourth-order valence-corrected chi connectivity index (χ4v) is 6.16. The first-order valence-electron chi connectivity index (χ1n) is 10.6. The Hall–Kier alpha value is -2.33. The van der Waals surface area contributed by atoms with Crippen molar-refractivity contribution in [3.05, 3.63) is 24.3 Å². The highest BCUT2D eigenvalue weighted by molar-refractivity contribution is 7.91. The van der Waals surface area contributed by atoms with Crippen LogP contribution in [0, 0.1) is 0 Å². The summed E-state index contributed by atoms with van der Waals surface area (Å²) in [6.45, 7) is 4.16. The van der Waals surface area contributed by atoms with Crippen LogP contribution in [0.3, 0.4) is 0 Å². The molecule has 3 heterocycles. The fraction of sp³-hybridized carbons (Fsp3) is 0.619. The summed E-state index contributed by atoms with van der Waals surface area (Å²) in [5, 5.41) is 0. The summed E-state index contributed by atoms with van der Waals surface area (Å²) in [6.07, 6.45) is -0.178. The van der Waals surface area contributed by atoms with Gasteiger partial charge in [-0.05, 0) is 25.5 Å². The Kier molecular flexibility index (Phi) is 6.11. The predicted molar refractivity (Wildman–Crippen MR) is 114 cm³/mol. The molecule has 2 fully saturated rings. The monoisotopic (exact) mass is 451 g/mol. The van der Waals surface area contributed by atoms with Gasteiger partial charge in [-0.1, -0.05) is 12.1 Å². The van der Waals surface area contributed by atoms with Crippen LogP contribution in [0.2, 0.25) is 0 Å². The largest absolute Gasteiger partial charge is 0.485 e. The van der Waals surface area contributed by atoms with Crippen molar-refractivity contribution >= 4 is 21.7 Å². The first kappa shape index (κ1) is 21.9. The Balaban J connectivity index is 1.29. The van der Waals surface area contributed by atoms with E-state index in [0.29, 0.717) is 44.1 Å². The van der Waals surface area contributed by atoms with Gasteiger partial charge >= 0.3 is 0 Å². The number of rotatable bonds is 4. The van der Waals surface area contributed by atoms with Gasteiger partial charge in [-0.3, -0.25) is 14.5 Å². The van der Waals surface area contributed by atoms with Crippen molar-refractivity contribution in [2.75, 3.05) is 51.3 Å². The molecule has 3 aliphatic rings. The number of carbonyl (C=O) groups is 2. The first-order chi connectivity index (χ1) is 14.7. The maximum atomic E-state index is 12.9. The van der Waals surface area contributed by atoms with Gasteiger partial charge in [-0.2, -0.15) is 0 Å². The lowest BCUT2D eigenvalue weighted by Gasteiger charge is -2.40. The minimum Gasteiger partial charge on any atom is -0.485 e. The van der Waals surface area contributed by atoms with E-state index in [1.165, 1.54) is 0 Å². The van der Waals surface area contributed by atoms with Crippen molar-refractivity contribution in [1.29, 1.82) is 0 Å². The minimum absolute atomic E-state index is 0.0385. The van der Waals surface area contributed by atoms with E-state index in [1.54, 1.807) is 22.9 Å². The third kappa shape index (κ3) is 4.64. The number of hydrogen-bond donors (Lipinski definition) is 0. The predicted octanol–water partition coefficient (Wildman–Crippen LogP) is 0.00460. The van der Waals surface area contributed by atoms with Crippen LogP contribution in [-0.2, 0) is 19.4 Å². The molecule has 2 amide bonds. The van der Waals surface area contributed by atoms with Gasteiger partial charge in [0.1, 0.15) is 6.61 Å². The number of piperazine rings is 1. The number of hydrogen-bond acceptors (Lipinski definition) is 7. The van der Waals surface area contributed by atoms with Crippen molar-refractivity contribution in [3.8, 4) is 11.5 Å². The molecule has 9 nitrogen and oxygen atoms in total. The van der Waals surface area contributed by atoms with Crippen LogP contribution in [0.5, 0.6) is 11.5 Å². The number of benzene rings is 1. The highest BCUT2D eigenvalue weighted by Gasteiger charge is 2.37. The molecule has 0 radical (unpaired) electrons. The van der Waals surface area contributed by atoms with Gasteiger partial charge in [0.15, 0.2) is 21.3 Å². The molecule has 3 aliphatic heterocycles. The number of para-hydroxylation sites is 2. The lowest BCUT2D eigenvalue weighted by Crippen LogP contribution is -2.58. The second-order valence-electron chi connectivity index (χ2n) is 8.41. The summed E-state index contributed by atoms with van der Waals surface area (Å²) >= 11 is 0. The molecular weight excluding hydrogens is 422 g/mol. The van der Waals surface area contributed by atoms with Crippen molar-refractivity contribution in [3.63, 3.8) is 0 Å². The first-order valence-corrected chi connectivity index (χ1v) is 12.5. The molecule has 0 aliphatic carbocycles. The average molecular weight is 452 g/mol. The van der Waals surface area contributed by atoms with Crippen molar-refractivity contribution < 1.29 is 27.5 Å². The van der Waals surface area contributed by atoms with Crippen molar-refractivity contribution in [2.45, 2.75) is 31.5 Å². The number of likely N-dealkylation sites (N-methyl/N-ethyl adjacent to an activating group) is 1. The molecule has 170 valence electrons. The SMILES string of the molecule is C[C@H](C(=O)N(C)[C@@H]1CCS(=O)(=O)C1)N1CCN(C(=O)[C@H]2COc3ccccc3O2)CC1. The van der Waals surface area contributed by atoms with Crippen LogP contribution < -0.4 is 9.47 Å². The van der Waals surface area contributed by atoms with Gasteiger partial charge in [0.05, 0.1) is 17.5 Å². The van der Waals surface area contributed by atoms with Crippen LogP contribution in [0.1, 0.15) is 13.3 Å². The lowest BCUT2D eigenvalue weighted by atomic mass is 10.1. The van der Waals surface area contributed by atoms with E-state index in [1.807, 2.05) is 30.0 Å². The number of sulfone groups is 1. The molecule has 1 aromatic carbocycles. The molecule has 0 saturated carbocycles. The Morgan fingerprint density at radius 3 is 2.45 bits per heavy atom. The molecule has 3 atom stereocenters. The van der Waals surface area contributed by atoms with Gasteiger partial charge in [-0.15, -0.1) is 0 Å². The van der Waals surface area contributed by atoms with Crippen LogP contribution in [0.4, 0.5) is 0 Å². The lowest BCUT2D eigenvalue weighted by molar-refractivity contribution is -0.144. The molecule has 0 unspecified atom stereocenters. The smallest absolute Gasteiger partial charge is 0.267 e. The minimum atomic E-state index is -3.04. The normalized spacial score (nSPS) is 26.3. The molecule has 0 spiro atoms. The topological polar surface area (TPSA) is 96.5 Å². The van der Waals surface area contributed by atoms with Gasteiger partial charge in [-0.25, -0.2) is 8.42 Å². The van der Waals surface area contributed by atoms with E-state index in [9.17, 15) is 18.0 Å². The van der Waals surface area contributed by atoms with E-state index >= 15 is 0 Å². The molecule has 2 saturated heterocycles. The van der Waals surface area contributed by atoms with E-state index in [4.69, 9.17) is 9.47 Å². The Morgan fingerprint density at radius 2 is 1.81 bits per heavy atom. The van der Waals surface area contributed by atoms with Gasteiger partial charge in [0.2, 0.25) is 12.0 Å². The van der Waals surface area contributed by atoms with Crippen molar-refractivity contribution in [2.24, 2.45) is 0 Å². The summed E-state index contributed by atoms with van der Waals surface area (Å²) in [4.78, 5) is 31.2. The van der Waals surface area contributed by atoms with Gasteiger partial charge < -0.3 is 19.3 Å². The Labute approximate surface area is 182 Å². The standard InChI is InChI=1S/C21H29N3O6S/c1-15(20(25)22(2)16-7-12-31(27,28)14-16)23-8-10-24(11-9-23)21(26)19-13-29-17-5-3-4-6-18(17)30-19/h3-6,15-16,19H,7-14H2,1-2H3/t15-,16-,19-/m1/s1. The number of fused-ring (bicyclic) bond motifs is 1. The number of nitrogens with zero attached hydrogens (tertiary/aromatic N) is 3. The quantitative estimate of drug-likeness (QED) is 0.636. The summed E-state index contributed by atoms with van der Waals surface area (Å²) < 4.78 is 34.9. The zero-order valence-corrected chi connectivity index (χ0v) is 18.7. The second kappa shape index (κ2) is 8.66. The van der Waals surface area contributed by atoms with Crippen LogP contribution in [-0.4, -0.2) is 104 Å². The van der Waals surface area contributed by atoms with E-state index in [2.05, 4.69) is 0 Å². The zero-order chi connectivity index (χ0) is 22.2. The zero-order valence-electron chi connectivity index (χ0n) is 17.9.